The van der Waals surface area contributed by atoms with E-state index < -0.39 is 11.9 Å². The summed E-state index contributed by atoms with van der Waals surface area (Å²) in [6.45, 7) is 1.59. The topological polar surface area (TPSA) is 74.6 Å². The third kappa shape index (κ3) is 6.34. The molecule has 4 nitrogen and oxygen atoms in total. The number of aliphatic carboxylic acids is 2. The first-order valence-corrected chi connectivity index (χ1v) is 2.74. The SMILES string of the molecule is CC/C(=C\C(=O)O)C(=O)O.[CaH2]. The molecule has 0 aliphatic carbocycles. The van der Waals surface area contributed by atoms with Crippen molar-refractivity contribution in [2.45, 2.75) is 13.3 Å². The molecule has 0 rings (SSSR count). The van der Waals surface area contributed by atoms with Crippen molar-refractivity contribution in [3.63, 3.8) is 0 Å². The molecule has 0 bridgehead atoms. The van der Waals surface area contributed by atoms with E-state index >= 15 is 0 Å². The van der Waals surface area contributed by atoms with Crippen LogP contribution in [0.15, 0.2) is 11.6 Å². The molecule has 11 heavy (non-hydrogen) atoms. The maximum atomic E-state index is 10.1. The van der Waals surface area contributed by atoms with Crippen LogP contribution in [-0.2, 0) is 9.59 Å². The summed E-state index contributed by atoms with van der Waals surface area (Å²) in [5, 5.41) is 16.4. The van der Waals surface area contributed by atoms with E-state index in [4.69, 9.17) is 10.2 Å². The molecule has 0 aliphatic rings. The van der Waals surface area contributed by atoms with Crippen LogP contribution >= 0.6 is 0 Å². The van der Waals surface area contributed by atoms with Gasteiger partial charge in [0.05, 0.1) is 0 Å². The van der Waals surface area contributed by atoms with Gasteiger partial charge in [-0.15, -0.1) is 0 Å². The second-order valence-corrected chi connectivity index (χ2v) is 1.67. The Labute approximate surface area is 93.9 Å². The minimum absolute atomic E-state index is 0. The van der Waals surface area contributed by atoms with Gasteiger partial charge in [-0.1, -0.05) is 6.92 Å². The number of carbonyl (C=O) groups is 2. The van der Waals surface area contributed by atoms with Gasteiger partial charge < -0.3 is 10.2 Å². The molecule has 0 aliphatic heterocycles. The van der Waals surface area contributed by atoms with Crippen LogP contribution in [0.1, 0.15) is 13.3 Å². The van der Waals surface area contributed by atoms with Crippen molar-refractivity contribution < 1.29 is 19.8 Å². The Balaban J connectivity index is 0. The molecule has 0 spiro atoms. The van der Waals surface area contributed by atoms with Crippen LogP contribution in [0.5, 0.6) is 0 Å². The van der Waals surface area contributed by atoms with E-state index in [1.807, 2.05) is 0 Å². The molecule has 0 amide bonds. The van der Waals surface area contributed by atoms with Crippen LogP contribution in [0.4, 0.5) is 0 Å². The van der Waals surface area contributed by atoms with E-state index in [9.17, 15) is 9.59 Å². The predicted octanol–water partition coefficient (Wildman–Crippen LogP) is -0.424. The van der Waals surface area contributed by atoms with Crippen molar-refractivity contribution in [3.8, 4) is 0 Å². The molecular weight excluding hydrogens is 176 g/mol. The fourth-order valence-corrected chi connectivity index (χ4v) is 0.464. The maximum absolute atomic E-state index is 10.1. The molecule has 2 N–H and O–H groups in total. The summed E-state index contributed by atoms with van der Waals surface area (Å²) in [7, 11) is 0. The van der Waals surface area contributed by atoms with Crippen LogP contribution in [0.25, 0.3) is 0 Å². The van der Waals surface area contributed by atoms with Crippen LogP contribution in [-0.4, -0.2) is 59.9 Å². The summed E-state index contributed by atoms with van der Waals surface area (Å²) in [5.41, 5.74) is -0.0903. The van der Waals surface area contributed by atoms with Gasteiger partial charge in [-0.3, -0.25) is 0 Å². The van der Waals surface area contributed by atoms with Crippen molar-refractivity contribution >= 4 is 49.7 Å². The number of hydrogen-bond donors (Lipinski definition) is 2. The standard InChI is InChI=1S/C6H8O4.Ca.2H/c1-2-4(6(9)10)3-5(7)8;;;/h3H,2H2,1H3,(H,7,8)(H,9,10);;;/b4-3+;;;. The van der Waals surface area contributed by atoms with Crippen molar-refractivity contribution in [2.24, 2.45) is 0 Å². The molecular formula is C6H10CaO4. The molecule has 0 saturated heterocycles. The van der Waals surface area contributed by atoms with E-state index in [0.29, 0.717) is 6.08 Å². The van der Waals surface area contributed by atoms with Gasteiger partial charge in [-0.05, 0) is 6.42 Å². The third-order valence-corrected chi connectivity index (χ3v) is 0.953. The summed E-state index contributed by atoms with van der Waals surface area (Å²) in [5.74, 6) is -2.40. The molecule has 0 atom stereocenters. The number of carboxylic acid groups (broad SMARTS) is 2. The Kier molecular flexibility index (Phi) is 8.16. The molecule has 0 saturated carbocycles. The van der Waals surface area contributed by atoms with Gasteiger partial charge in [0.1, 0.15) is 0 Å². The first kappa shape index (κ1) is 13.5. The van der Waals surface area contributed by atoms with E-state index in [1.54, 1.807) is 6.92 Å². The number of hydrogen-bond acceptors (Lipinski definition) is 2. The Morgan fingerprint density at radius 3 is 1.91 bits per heavy atom. The Morgan fingerprint density at radius 1 is 1.36 bits per heavy atom. The minimum atomic E-state index is -1.22. The van der Waals surface area contributed by atoms with Crippen molar-refractivity contribution in [1.82, 2.24) is 0 Å². The molecule has 0 aromatic rings. The van der Waals surface area contributed by atoms with Crippen molar-refractivity contribution in [2.75, 3.05) is 0 Å². The van der Waals surface area contributed by atoms with E-state index in [-0.39, 0.29) is 49.7 Å². The Bertz CT molecular complexity index is 185. The quantitative estimate of drug-likeness (QED) is 0.463. The Morgan fingerprint density at radius 2 is 1.82 bits per heavy atom. The first-order valence-electron chi connectivity index (χ1n) is 2.74. The molecule has 5 heteroatoms. The molecule has 60 valence electrons. The molecule has 0 aromatic carbocycles. The average Bonchev–Trinajstić information content (AvgIpc) is 1.81. The third-order valence-electron chi connectivity index (χ3n) is 0.953. The molecule has 0 fully saturated rings. The summed E-state index contributed by atoms with van der Waals surface area (Å²) in [6.07, 6.45) is 0.921. The van der Waals surface area contributed by atoms with Gasteiger partial charge in [0.2, 0.25) is 0 Å². The fraction of sp³-hybridized carbons (Fsp3) is 0.333. The molecule has 0 heterocycles. The van der Waals surface area contributed by atoms with Gasteiger partial charge >= 0.3 is 49.7 Å². The van der Waals surface area contributed by atoms with Gasteiger partial charge in [0, 0.05) is 11.6 Å². The van der Waals surface area contributed by atoms with Crippen LogP contribution in [0.2, 0.25) is 0 Å². The van der Waals surface area contributed by atoms with E-state index in [1.165, 1.54) is 0 Å². The summed E-state index contributed by atoms with van der Waals surface area (Å²) in [6, 6.07) is 0. The van der Waals surface area contributed by atoms with Crippen molar-refractivity contribution in [3.05, 3.63) is 11.6 Å². The van der Waals surface area contributed by atoms with Gasteiger partial charge in [0.25, 0.3) is 0 Å². The van der Waals surface area contributed by atoms with Gasteiger partial charge in [0.15, 0.2) is 0 Å². The molecule has 0 unspecified atom stereocenters. The summed E-state index contributed by atoms with van der Waals surface area (Å²) < 4.78 is 0. The van der Waals surface area contributed by atoms with Gasteiger partial charge in [-0.2, -0.15) is 0 Å². The first-order chi connectivity index (χ1) is 4.57. The number of carboxylic acids is 2. The monoisotopic (exact) mass is 186 g/mol. The van der Waals surface area contributed by atoms with E-state index in [0.717, 1.165) is 0 Å². The normalized spacial score (nSPS) is 10.1. The average molecular weight is 186 g/mol. The summed E-state index contributed by atoms with van der Waals surface area (Å²) >= 11 is 0. The zero-order valence-electron chi connectivity index (χ0n) is 5.50. The van der Waals surface area contributed by atoms with Crippen LogP contribution < -0.4 is 0 Å². The van der Waals surface area contributed by atoms with Crippen LogP contribution in [0.3, 0.4) is 0 Å². The second-order valence-electron chi connectivity index (χ2n) is 1.67. The predicted molar refractivity (Wildman–Crippen MR) is 42.2 cm³/mol. The summed E-state index contributed by atoms with van der Waals surface area (Å²) in [4.78, 5) is 20.1. The Hall–Kier alpha value is -0.0603. The van der Waals surface area contributed by atoms with Gasteiger partial charge in [-0.25, -0.2) is 9.59 Å². The number of rotatable bonds is 3. The van der Waals surface area contributed by atoms with Crippen LogP contribution in [0, 0.1) is 0 Å². The fourth-order valence-electron chi connectivity index (χ4n) is 0.464. The van der Waals surface area contributed by atoms with E-state index in [2.05, 4.69) is 0 Å². The second kappa shape index (κ2) is 6.64. The zero-order valence-corrected chi connectivity index (χ0v) is 5.50. The molecule has 0 radical (unpaired) electrons. The van der Waals surface area contributed by atoms with Crippen molar-refractivity contribution in [1.29, 1.82) is 0 Å². The molecule has 0 aromatic heterocycles. The zero-order chi connectivity index (χ0) is 8.15.